The van der Waals surface area contributed by atoms with Crippen molar-refractivity contribution in [1.29, 1.82) is 0 Å². The minimum absolute atomic E-state index is 0.138. The zero-order chi connectivity index (χ0) is 13.7. The minimum Gasteiger partial charge on any atom is -0.465 e. The van der Waals surface area contributed by atoms with E-state index in [1.165, 1.54) is 4.90 Å². The molecular weight excluding hydrogens is 254 g/mol. The summed E-state index contributed by atoms with van der Waals surface area (Å²) in [5.74, 6) is -0.270. The molecule has 1 fully saturated rings. The lowest BCUT2D eigenvalue weighted by molar-refractivity contribution is -0.129. The number of rotatable bonds is 2. The summed E-state index contributed by atoms with van der Waals surface area (Å²) in [4.78, 5) is 24.3. The average molecular weight is 273 g/mol. The van der Waals surface area contributed by atoms with Crippen LogP contribution in [0.15, 0.2) is 0 Å². The molecule has 7 heteroatoms. The Morgan fingerprint density at radius 1 is 1.50 bits per heavy atom. The molecule has 0 aromatic rings. The monoisotopic (exact) mass is 273 g/mol. The molecule has 0 saturated carbocycles. The Bertz CT molecular complexity index is 346. The topological polar surface area (TPSA) is 81.7 Å². The molecule has 0 aromatic heterocycles. The van der Waals surface area contributed by atoms with Gasteiger partial charge in [0.2, 0.25) is 0 Å². The van der Waals surface area contributed by atoms with Crippen molar-refractivity contribution in [1.82, 2.24) is 15.5 Å². The number of hydrogen-bond acceptors (Lipinski definition) is 3. The number of nitrogens with zero attached hydrogens (tertiary/aromatic N) is 1. The average Bonchev–Trinajstić information content (AvgIpc) is 2.40. The Kier molecular flexibility index (Phi) is 5.33. The molecule has 1 atom stereocenters. The number of thiocarbonyl (C=S) groups is 1. The number of nitrogens with one attached hydrogen (secondary N) is 2. The fourth-order valence-corrected chi connectivity index (χ4v) is 2.27. The van der Waals surface area contributed by atoms with E-state index in [0.717, 1.165) is 12.8 Å². The van der Waals surface area contributed by atoms with Gasteiger partial charge in [0.05, 0.1) is 0 Å². The highest BCUT2D eigenvalue weighted by atomic mass is 32.1. The van der Waals surface area contributed by atoms with Crippen LogP contribution in [0, 0.1) is 0 Å². The lowest BCUT2D eigenvalue weighted by atomic mass is 10.1. The van der Waals surface area contributed by atoms with Gasteiger partial charge < -0.3 is 15.7 Å². The molecule has 1 aliphatic rings. The molecule has 0 radical (unpaired) electrons. The second-order valence-electron chi connectivity index (χ2n) is 4.59. The highest BCUT2D eigenvalue weighted by Crippen LogP contribution is 2.12. The van der Waals surface area contributed by atoms with Crippen molar-refractivity contribution in [3.8, 4) is 0 Å². The number of carboxylic acid groups (broad SMARTS) is 1. The Morgan fingerprint density at radius 3 is 2.72 bits per heavy atom. The molecule has 1 rings (SSSR count). The van der Waals surface area contributed by atoms with Gasteiger partial charge in [-0.15, -0.1) is 0 Å². The van der Waals surface area contributed by atoms with E-state index in [1.54, 1.807) is 0 Å². The van der Waals surface area contributed by atoms with Crippen molar-refractivity contribution in [2.75, 3.05) is 6.54 Å². The van der Waals surface area contributed by atoms with Gasteiger partial charge in [0.25, 0.3) is 5.91 Å². The predicted molar refractivity (Wildman–Crippen MR) is 71.4 cm³/mol. The van der Waals surface area contributed by atoms with E-state index in [9.17, 15) is 9.59 Å². The van der Waals surface area contributed by atoms with Crippen molar-refractivity contribution in [3.63, 3.8) is 0 Å². The second-order valence-corrected chi connectivity index (χ2v) is 4.98. The quantitative estimate of drug-likeness (QED) is 0.652. The zero-order valence-electron chi connectivity index (χ0n) is 10.6. The van der Waals surface area contributed by atoms with E-state index in [-0.39, 0.29) is 11.9 Å². The van der Waals surface area contributed by atoms with Gasteiger partial charge in [0.1, 0.15) is 6.04 Å². The first kappa shape index (κ1) is 14.7. The molecule has 0 bridgehead atoms. The van der Waals surface area contributed by atoms with Gasteiger partial charge >= 0.3 is 6.09 Å². The van der Waals surface area contributed by atoms with Gasteiger partial charge in [-0.1, -0.05) is 0 Å². The summed E-state index contributed by atoms with van der Waals surface area (Å²) >= 11 is 5.17. The summed E-state index contributed by atoms with van der Waals surface area (Å²) in [5.41, 5.74) is 0. The van der Waals surface area contributed by atoms with Crippen LogP contribution in [0.5, 0.6) is 0 Å². The van der Waals surface area contributed by atoms with Crippen molar-refractivity contribution in [2.24, 2.45) is 0 Å². The predicted octanol–water partition coefficient (Wildman–Crippen LogP) is 0.918. The van der Waals surface area contributed by atoms with Crippen LogP contribution in [0.4, 0.5) is 4.79 Å². The largest absolute Gasteiger partial charge is 0.465 e. The second kappa shape index (κ2) is 6.53. The fraction of sp³-hybridized carbons (Fsp3) is 0.727. The molecule has 1 saturated heterocycles. The van der Waals surface area contributed by atoms with Gasteiger partial charge in [-0.3, -0.25) is 9.69 Å². The van der Waals surface area contributed by atoms with Crippen LogP contribution in [0.3, 0.4) is 0 Å². The number of carbonyl (C=O) groups is 2. The molecule has 3 N–H and O–H groups in total. The Labute approximate surface area is 112 Å². The maximum absolute atomic E-state index is 12.2. The highest BCUT2D eigenvalue weighted by molar-refractivity contribution is 7.80. The van der Waals surface area contributed by atoms with Crippen LogP contribution >= 0.6 is 12.2 Å². The summed E-state index contributed by atoms with van der Waals surface area (Å²) in [7, 11) is 0. The summed E-state index contributed by atoms with van der Waals surface area (Å²) in [6.07, 6.45) is 0.963. The summed E-state index contributed by atoms with van der Waals surface area (Å²) in [6.45, 7) is 4.40. The third kappa shape index (κ3) is 4.14. The van der Waals surface area contributed by atoms with Gasteiger partial charge in [-0.2, -0.15) is 0 Å². The van der Waals surface area contributed by atoms with Crippen LogP contribution in [-0.2, 0) is 4.79 Å². The van der Waals surface area contributed by atoms with Gasteiger partial charge in [-0.25, -0.2) is 4.79 Å². The van der Waals surface area contributed by atoms with E-state index in [4.69, 9.17) is 17.3 Å². The summed E-state index contributed by atoms with van der Waals surface area (Å²) in [6, 6.07) is -0.559. The smallest absolute Gasteiger partial charge is 0.405 e. The number of hydrogen-bond donors (Lipinski definition) is 3. The summed E-state index contributed by atoms with van der Waals surface area (Å²) in [5, 5.41) is 14.3. The number of carbonyl (C=O) groups excluding carboxylic acids is 1. The highest BCUT2D eigenvalue weighted by Gasteiger charge is 2.30. The van der Waals surface area contributed by atoms with Crippen LogP contribution in [0.25, 0.3) is 0 Å². The van der Waals surface area contributed by atoms with Crippen molar-refractivity contribution < 1.29 is 14.7 Å². The van der Waals surface area contributed by atoms with E-state index in [2.05, 4.69) is 10.6 Å². The number of amides is 2. The molecule has 6 nitrogen and oxygen atoms in total. The molecule has 1 aliphatic heterocycles. The summed E-state index contributed by atoms with van der Waals surface area (Å²) < 4.78 is 0. The first-order valence-electron chi connectivity index (χ1n) is 6.03. The molecular formula is C11H19N3O3S. The molecule has 0 spiro atoms. The standard InChI is InChI=1S/C11H19N3O3S/c1-7(2)12-10(18)14-6-4-3-5-8(9(14)15)13-11(16)17/h7-8,13H,3-6H2,1-2H3,(H,12,18)(H,16,17)/t8-/m0/s1. The third-order valence-electron chi connectivity index (χ3n) is 2.64. The normalized spacial score (nSPS) is 20.5. The number of likely N-dealkylation sites (tertiary alicyclic amines) is 1. The first-order chi connectivity index (χ1) is 8.41. The lowest BCUT2D eigenvalue weighted by Gasteiger charge is -2.26. The minimum atomic E-state index is -1.18. The van der Waals surface area contributed by atoms with Crippen LogP contribution in [-0.4, -0.2) is 45.7 Å². The Balaban J connectivity index is 2.74. The fourth-order valence-electron chi connectivity index (χ4n) is 1.85. The molecule has 0 aromatic carbocycles. The molecule has 1 heterocycles. The van der Waals surface area contributed by atoms with Crippen molar-refractivity contribution in [2.45, 2.75) is 45.2 Å². The maximum atomic E-state index is 12.2. The molecule has 18 heavy (non-hydrogen) atoms. The zero-order valence-corrected chi connectivity index (χ0v) is 11.4. The van der Waals surface area contributed by atoms with Gasteiger partial charge in [-0.05, 0) is 45.3 Å². The van der Waals surface area contributed by atoms with E-state index in [1.807, 2.05) is 13.8 Å². The lowest BCUT2D eigenvalue weighted by Crippen LogP contribution is -2.52. The van der Waals surface area contributed by atoms with Crippen molar-refractivity contribution in [3.05, 3.63) is 0 Å². The van der Waals surface area contributed by atoms with E-state index in [0.29, 0.717) is 18.1 Å². The molecule has 2 amide bonds. The van der Waals surface area contributed by atoms with Gasteiger partial charge in [0, 0.05) is 12.6 Å². The van der Waals surface area contributed by atoms with Crippen LogP contribution < -0.4 is 10.6 Å². The molecule has 0 unspecified atom stereocenters. The van der Waals surface area contributed by atoms with Gasteiger partial charge in [0.15, 0.2) is 5.11 Å². The van der Waals surface area contributed by atoms with Crippen LogP contribution in [0.1, 0.15) is 33.1 Å². The maximum Gasteiger partial charge on any atom is 0.405 e. The third-order valence-corrected chi connectivity index (χ3v) is 2.98. The first-order valence-corrected chi connectivity index (χ1v) is 6.44. The molecule has 0 aliphatic carbocycles. The van der Waals surface area contributed by atoms with E-state index >= 15 is 0 Å². The Morgan fingerprint density at radius 2 is 2.17 bits per heavy atom. The molecule has 102 valence electrons. The Hall–Kier alpha value is -1.37. The SMILES string of the molecule is CC(C)NC(=S)N1CCCC[C@H](NC(=O)O)C1=O. The van der Waals surface area contributed by atoms with E-state index < -0.39 is 12.1 Å². The van der Waals surface area contributed by atoms with Crippen molar-refractivity contribution >= 4 is 29.3 Å². The van der Waals surface area contributed by atoms with Crippen LogP contribution in [0.2, 0.25) is 0 Å².